The summed E-state index contributed by atoms with van der Waals surface area (Å²) < 4.78 is 6.30. The maximum atomic E-state index is 13.8. The van der Waals surface area contributed by atoms with E-state index < -0.39 is 0 Å². The summed E-state index contributed by atoms with van der Waals surface area (Å²) in [6.45, 7) is 0.583. The third kappa shape index (κ3) is 5.16. The third-order valence-electron chi connectivity index (χ3n) is 6.14. The molecular weight excluding hydrogens is 452 g/mol. The monoisotopic (exact) mass is 480 g/mol. The minimum atomic E-state index is 0.0480. The number of carbonyl (C=O) groups excluding carboxylic acids is 1. The van der Waals surface area contributed by atoms with E-state index in [4.69, 9.17) is 16.0 Å². The molecule has 5 rings (SSSR count). The van der Waals surface area contributed by atoms with Crippen LogP contribution >= 0.6 is 22.9 Å². The van der Waals surface area contributed by atoms with Crippen LogP contribution in [-0.2, 0) is 6.54 Å². The molecule has 1 saturated carbocycles. The summed E-state index contributed by atoms with van der Waals surface area (Å²) in [6.07, 6.45) is 9.13. The molecule has 2 heterocycles. The summed E-state index contributed by atoms with van der Waals surface area (Å²) in [7, 11) is 1.50. The minimum Gasteiger partial charge on any atom is -0.472 e. The van der Waals surface area contributed by atoms with Gasteiger partial charge in [-0.15, -0.1) is 11.3 Å². The van der Waals surface area contributed by atoms with Crippen LogP contribution in [0.25, 0.3) is 21.2 Å². The van der Waals surface area contributed by atoms with Crippen LogP contribution in [0.15, 0.2) is 71.5 Å². The lowest BCUT2D eigenvalue weighted by atomic mass is 9.93. The van der Waals surface area contributed by atoms with Crippen molar-refractivity contribution in [2.75, 3.05) is 7.05 Å². The molecule has 33 heavy (non-hydrogen) atoms. The summed E-state index contributed by atoms with van der Waals surface area (Å²) in [5.41, 5.74) is 7.77. The van der Waals surface area contributed by atoms with Crippen LogP contribution in [0.5, 0.6) is 0 Å². The van der Waals surface area contributed by atoms with Crippen molar-refractivity contribution < 1.29 is 9.21 Å². The van der Waals surface area contributed by atoms with Gasteiger partial charge in [-0.1, -0.05) is 67.3 Å². The van der Waals surface area contributed by atoms with Gasteiger partial charge >= 0.3 is 0 Å². The Balaban J connectivity index is 0.00000126. The zero-order chi connectivity index (χ0) is 23.2. The largest absolute Gasteiger partial charge is 0.472 e. The number of halogens is 1. The number of thiophene rings is 1. The van der Waals surface area contributed by atoms with Crippen molar-refractivity contribution in [3.05, 3.63) is 82.6 Å². The van der Waals surface area contributed by atoms with Gasteiger partial charge < -0.3 is 15.1 Å². The Hall–Kier alpha value is -2.60. The van der Waals surface area contributed by atoms with E-state index in [1.807, 2.05) is 36.4 Å². The summed E-state index contributed by atoms with van der Waals surface area (Å²) >= 11 is 8.18. The second kappa shape index (κ2) is 11.0. The van der Waals surface area contributed by atoms with Crippen molar-refractivity contribution in [1.82, 2.24) is 4.90 Å². The SMILES string of the molecule is CN.O=C(c1sc2ccccc2c1Cl)N(Cc1cccc(-c2ccoc2)c1)C1CCCCC1. The third-order valence-corrected chi connectivity index (χ3v) is 7.80. The standard InChI is InChI=1S/C26H24ClNO2S.CH5N/c27-24-22-11-4-5-12-23(22)31-25(24)26(29)28(21-9-2-1-3-10-21)16-18-7-6-8-19(15-18)20-13-14-30-17-20;1-2/h4-8,11-15,17,21H,1-3,9-10,16H2;2H2,1H3. The van der Waals surface area contributed by atoms with E-state index in [-0.39, 0.29) is 11.9 Å². The van der Waals surface area contributed by atoms with E-state index in [0.717, 1.165) is 39.6 Å². The highest BCUT2D eigenvalue weighted by molar-refractivity contribution is 7.21. The summed E-state index contributed by atoms with van der Waals surface area (Å²) in [4.78, 5) is 16.5. The molecule has 4 nitrogen and oxygen atoms in total. The second-order valence-corrected chi connectivity index (χ2v) is 9.61. The number of carbonyl (C=O) groups is 1. The molecule has 0 atom stereocenters. The van der Waals surface area contributed by atoms with Gasteiger partial charge in [0.15, 0.2) is 0 Å². The normalized spacial score (nSPS) is 14.0. The molecule has 6 heteroatoms. The first-order chi connectivity index (χ1) is 16.2. The number of nitrogens with zero attached hydrogens (tertiary/aromatic N) is 1. The van der Waals surface area contributed by atoms with E-state index in [1.54, 1.807) is 12.5 Å². The van der Waals surface area contributed by atoms with Gasteiger partial charge in [0.1, 0.15) is 4.88 Å². The molecule has 1 aliphatic carbocycles. The molecule has 0 spiro atoms. The van der Waals surface area contributed by atoms with Crippen LogP contribution in [0.3, 0.4) is 0 Å². The van der Waals surface area contributed by atoms with Crippen molar-refractivity contribution in [3.63, 3.8) is 0 Å². The van der Waals surface area contributed by atoms with Gasteiger partial charge in [0, 0.05) is 28.2 Å². The molecule has 1 aliphatic rings. The number of hydrogen-bond acceptors (Lipinski definition) is 4. The van der Waals surface area contributed by atoms with E-state index in [9.17, 15) is 4.79 Å². The lowest BCUT2D eigenvalue weighted by Gasteiger charge is -2.34. The molecular formula is C27H29ClN2O2S. The van der Waals surface area contributed by atoms with E-state index in [0.29, 0.717) is 16.4 Å². The molecule has 2 aromatic heterocycles. The minimum absolute atomic E-state index is 0.0480. The Kier molecular flexibility index (Phi) is 7.86. The maximum Gasteiger partial charge on any atom is 0.266 e. The van der Waals surface area contributed by atoms with Gasteiger partial charge in [-0.05, 0) is 49.2 Å². The first kappa shape index (κ1) is 23.6. The van der Waals surface area contributed by atoms with E-state index >= 15 is 0 Å². The average Bonchev–Trinajstić information content (AvgIpc) is 3.53. The number of amides is 1. The maximum absolute atomic E-state index is 13.8. The molecule has 0 radical (unpaired) electrons. The number of rotatable bonds is 5. The summed E-state index contributed by atoms with van der Waals surface area (Å²) in [5.74, 6) is 0.0480. The highest BCUT2D eigenvalue weighted by atomic mass is 35.5. The fourth-order valence-electron chi connectivity index (χ4n) is 4.52. The fourth-order valence-corrected chi connectivity index (χ4v) is 5.98. The van der Waals surface area contributed by atoms with Gasteiger partial charge in [0.2, 0.25) is 0 Å². The Morgan fingerprint density at radius 3 is 2.58 bits per heavy atom. The number of hydrogen-bond donors (Lipinski definition) is 1. The van der Waals surface area contributed by atoms with Crippen LogP contribution in [0.4, 0.5) is 0 Å². The molecule has 4 aromatic rings. The highest BCUT2D eigenvalue weighted by Crippen LogP contribution is 2.37. The zero-order valence-corrected chi connectivity index (χ0v) is 20.4. The van der Waals surface area contributed by atoms with Crippen LogP contribution in [0.2, 0.25) is 5.02 Å². The molecule has 0 saturated heterocycles. The molecule has 1 fully saturated rings. The lowest BCUT2D eigenvalue weighted by molar-refractivity contribution is 0.0619. The first-order valence-electron chi connectivity index (χ1n) is 11.4. The Labute approximate surface area is 204 Å². The van der Waals surface area contributed by atoms with Crippen LogP contribution < -0.4 is 5.73 Å². The van der Waals surface area contributed by atoms with Gasteiger partial charge in [0.25, 0.3) is 5.91 Å². The summed E-state index contributed by atoms with van der Waals surface area (Å²) in [5, 5.41) is 1.54. The van der Waals surface area contributed by atoms with Gasteiger partial charge in [-0.25, -0.2) is 0 Å². The van der Waals surface area contributed by atoms with Crippen molar-refractivity contribution in [2.45, 2.75) is 44.7 Å². The molecule has 172 valence electrons. The van der Waals surface area contributed by atoms with Crippen molar-refractivity contribution >= 4 is 38.9 Å². The Bertz CT molecular complexity index is 1200. The summed E-state index contributed by atoms with van der Waals surface area (Å²) in [6, 6.07) is 18.6. The number of furan rings is 1. The number of fused-ring (bicyclic) bond motifs is 1. The van der Waals surface area contributed by atoms with E-state index in [1.165, 1.54) is 37.6 Å². The quantitative estimate of drug-likeness (QED) is 0.324. The molecule has 2 aromatic carbocycles. The smallest absolute Gasteiger partial charge is 0.266 e. The first-order valence-corrected chi connectivity index (χ1v) is 12.6. The van der Waals surface area contributed by atoms with Crippen molar-refractivity contribution in [1.29, 1.82) is 0 Å². The van der Waals surface area contributed by atoms with Crippen molar-refractivity contribution in [2.24, 2.45) is 5.73 Å². The molecule has 0 aliphatic heterocycles. The lowest BCUT2D eigenvalue weighted by Crippen LogP contribution is -2.40. The van der Waals surface area contributed by atoms with Gasteiger partial charge in [0.05, 0.1) is 17.5 Å². The number of nitrogens with two attached hydrogens (primary N) is 1. The predicted octanol–water partition coefficient (Wildman–Crippen LogP) is 7.36. The van der Waals surface area contributed by atoms with Crippen LogP contribution in [0.1, 0.15) is 47.3 Å². The van der Waals surface area contributed by atoms with E-state index in [2.05, 4.69) is 28.8 Å². The van der Waals surface area contributed by atoms with Crippen LogP contribution in [0, 0.1) is 0 Å². The molecule has 2 N–H and O–H groups in total. The predicted molar refractivity (Wildman–Crippen MR) is 138 cm³/mol. The molecule has 0 unspecified atom stereocenters. The highest BCUT2D eigenvalue weighted by Gasteiger charge is 2.29. The zero-order valence-electron chi connectivity index (χ0n) is 18.8. The van der Waals surface area contributed by atoms with Gasteiger partial charge in [-0.3, -0.25) is 4.79 Å². The van der Waals surface area contributed by atoms with Crippen molar-refractivity contribution in [3.8, 4) is 11.1 Å². The Morgan fingerprint density at radius 2 is 1.85 bits per heavy atom. The molecule has 0 bridgehead atoms. The fraction of sp³-hybridized carbons (Fsp3) is 0.296. The van der Waals surface area contributed by atoms with Crippen LogP contribution in [-0.4, -0.2) is 23.9 Å². The average molecular weight is 481 g/mol. The Morgan fingerprint density at radius 1 is 1.06 bits per heavy atom. The topological polar surface area (TPSA) is 59.5 Å². The second-order valence-electron chi connectivity index (χ2n) is 8.18. The van der Waals surface area contributed by atoms with Gasteiger partial charge in [-0.2, -0.15) is 0 Å². The number of benzene rings is 2. The molecule has 1 amide bonds.